The molecule has 0 aromatic heterocycles. The molecule has 0 spiro atoms. The van der Waals surface area contributed by atoms with Gasteiger partial charge >= 0.3 is 11.9 Å². The average molecular weight is 216 g/mol. The largest absolute Gasteiger partial charge is 0.474 e. The molecular weight excluding hydrogens is 200 g/mol. The van der Waals surface area contributed by atoms with Crippen molar-refractivity contribution in [2.75, 3.05) is 46.4 Å². The first-order valence-electron chi connectivity index (χ1n) is 4.88. The van der Waals surface area contributed by atoms with Gasteiger partial charge in [-0.15, -0.1) is 0 Å². The van der Waals surface area contributed by atoms with Crippen LogP contribution in [-0.4, -0.2) is 73.2 Å². The van der Waals surface area contributed by atoms with E-state index in [9.17, 15) is 9.59 Å². The van der Waals surface area contributed by atoms with Crippen molar-refractivity contribution in [2.24, 2.45) is 0 Å². The van der Waals surface area contributed by atoms with Gasteiger partial charge in [-0.05, 0) is 0 Å². The number of piperazine rings is 1. The van der Waals surface area contributed by atoms with Gasteiger partial charge in [0.15, 0.2) is 0 Å². The molecule has 6 heteroatoms. The lowest BCUT2D eigenvalue weighted by Gasteiger charge is -2.33. The highest BCUT2D eigenvalue weighted by atomic mass is 16.5. The van der Waals surface area contributed by atoms with Gasteiger partial charge in [0.25, 0.3) is 0 Å². The van der Waals surface area contributed by atoms with Crippen LogP contribution in [-0.2, 0) is 14.3 Å². The Morgan fingerprint density at radius 1 is 1.27 bits per heavy atom. The number of hydrogen-bond donors (Lipinski definition) is 1. The van der Waals surface area contributed by atoms with Crippen LogP contribution in [0.25, 0.3) is 0 Å². The molecule has 0 aromatic carbocycles. The Balaban J connectivity index is 2.29. The highest BCUT2D eigenvalue weighted by molar-refractivity contribution is 6.31. The Kier molecular flexibility index (Phi) is 4.51. The van der Waals surface area contributed by atoms with Crippen LogP contribution in [0, 0.1) is 0 Å². The van der Waals surface area contributed by atoms with Crippen LogP contribution in [0.15, 0.2) is 0 Å². The van der Waals surface area contributed by atoms with E-state index >= 15 is 0 Å². The van der Waals surface area contributed by atoms with E-state index in [2.05, 4.69) is 4.90 Å². The molecule has 1 fully saturated rings. The summed E-state index contributed by atoms with van der Waals surface area (Å²) in [6.07, 6.45) is 0. The van der Waals surface area contributed by atoms with Gasteiger partial charge < -0.3 is 14.7 Å². The molecule has 1 heterocycles. The molecule has 0 aromatic rings. The third kappa shape index (κ3) is 3.49. The van der Waals surface area contributed by atoms with Gasteiger partial charge in [0.1, 0.15) is 0 Å². The number of aliphatic carboxylic acids is 1. The number of nitrogens with zero attached hydrogens (tertiary/aromatic N) is 2. The number of hydrogen-bond acceptors (Lipinski definition) is 4. The van der Waals surface area contributed by atoms with Crippen LogP contribution in [0.4, 0.5) is 0 Å². The molecule has 0 radical (unpaired) electrons. The molecule has 1 N–H and O–H groups in total. The smallest absolute Gasteiger partial charge is 0.394 e. The Hall–Kier alpha value is -1.14. The average Bonchev–Trinajstić information content (AvgIpc) is 2.26. The van der Waals surface area contributed by atoms with Gasteiger partial charge in [-0.25, -0.2) is 4.79 Å². The summed E-state index contributed by atoms with van der Waals surface area (Å²) in [5.74, 6) is -2.18. The zero-order valence-electron chi connectivity index (χ0n) is 8.81. The molecule has 0 saturated carbocycles. The second-order valence-electron chi connectivity index (χ2n) is 3.43. The minimum Gasteiger partial charge on any atom is -0.474 e. The van der Waals surface area contributed by atoms with E-state index in [1.807, 2.05) is 0 Å². The van der Waals surface area contributed by atoms with Crippen LogP contribution in [0.5, 0.6) is 0 Å². The molecule has 0 aliphatic carbocycles. The van der Waals surface area contributed by atoms with Crippen molar-refractivity contribution in [1.29, 1.82) is 0 Å². The molecule has 0 unspecified atom stereocenters. The van der Waals surface area contributed by atoms with Crippen molar-refractivity contribution >= 4 is 11.9 Å². The molecule has 1 aliphatic rings. The van der Waals surface area contributed by atoms with Crippen molar-refractivity contribution in [3.05, 3.63) is 0 Å². The Bertz CT molecular complexity index is 236. The fourth-order valence-corrected chi connectivity index (χ4v) is 1.53. The highest BCUT2D eigenvalue weighted by Crippen LogP contribution is 2.01. The first-order chi connectivity index (χ1) is 7.15. The fourth-order valence-electron chi connectivity index (χ4n) is 1.53. The molecule has 1 aliphatic heterocycles. The topological polar surface area (TPSA) is 70.1 Å². The van der Waals surface area contributed by atoms with E-state index < -0.39 is 11.9 Å². The van der Waals surface area contributed by atoms with E-state index in [0.29, 0.717) is 32.8 Å². The van der Waals surface area contributed by atoms with Gasteiger partial charge in [0.2, 0.25) is 0 Å². The SMILES string of the molecule is COCCN1CCN(C(=O)C(=O)O)CC1. The Labute approximate surface area is 88.4 Å². The lowest BCUT2D eigenvalue weighted by Crippen LogP contribution is -2.51. The van der Waals surface area contributed by atoms with Gasteiger partial charge in [-0.2, -0.15) is 0 Å². The normalized spacial score (nSPS) is 17.8. The number of carbonyl (C=O) groups is 2. The summed E-state index contributed by atoms with van der Waals surface area (Å²) in [4.78, 5) is 25.0. The third-order valence-corrected chi connectivity index (χ3v) is 2.45. The summed E-state index contributed by atoms with van der Waals surface area (Å²) in [5, 5.41) is 8.52. The zero-order valence-corrected chi connectivity index (χ0v) is 8.81. The second kappa shape index (κ2) is 5.67. The van der Waals surface area contributed by atoms with Crippen molar-refractivity contribution in [3.63, 3.8) is 0 Å². The number of amides is 1. The lowest BCUT2D eigenvalue weighted by molar-refractivity contribution is -0.156. The van der Waals surface area contributed by atoms with Crippen LogP contribution >= 0.6 is 0 Å². The van der Waals surface area contributed by atoms with Crippen molar-refractivity contribution < 1.29 is 19.4 Å². The highest BCUT2D eigenvalue weighted by Gasteiger charge is 2.24. The Morgan fingerprint density at radius 2 is 1.87 bits per heavy atom. The maximum atomic E-state index is 11.1. The van der Waals surface area contributed by atoms with Crippen LogP contribution < -0.4 is 0 Å². The number of carbonyl (C=O) groups excluding carboxylic acids is 1. The first kappa shape index (κ1) is 11.9. The minimum atomic E-state index is -1.37. The maximum absolute atomic E-state index is 11.1. The monoisotopic (exact) mass is 216 g/mol. The van der Waals surface area contributed by atoms with Crippen molar-refractivity contribution in [1.82, 2.24) is 9.80 Å². The molecule has 15 heavy (non-hydrogen) atoms. The molecule has 6 nitrogen and oxygen atoms in total. The fraction of sp³-hybridized carbons (Fsp3) is 0.778. The standard InChI is InChI=1S/C9H16N2O4/c1-15-7-6-10-2-4-11(5-3-10)8(12)9(13)14/h2-7H2,1H3,(H,13,14). The van der Waals surface area contributed by atoms with Gasteiger partial charge in [-0.1, -0.05) is 0 Å². The molecule has 1 amide bonds. The Morgan fingerprint density at radius 3 is 2.33 bits per heavy atom. The lowest BCUT2D eigenvalue weighted by atomic mass is 10.3. The summed E-state index contributed by atoms with van der Waals surface area (Å²) in [7, 11) is 1.64. The predicted molar refractivity (Wildman–Crippen MR) is 52.5 cm³/mol. The number of rotatable bonds is 3. The second-order valence-corrected chi connectivity index (χ2v) is 3.43. The van der Waals surface area contributed by atoms with Gasteiger partial charge in [0.05, 0.1) is 6.61 Å². The summed E-state index contributed by atoms with van der Waals surface area (Å²) in [6, 6.07) is 0. The van der Waals surface area contributed by atoms with E-state index in [0.717, 1.165) is 6.54 Å². The number of carboxylic acids is 1. The summed E-state index contributed by atoms with van der Waals surface area (Å²) >= 11 is 0. The van der Waals surface area contributed by atoms with Crippen molar-refractivity contribution in [3.8, 4) is 0 Å². The number of methoxy groups -OCH3 is 1. The summed E-state index contributed by atoms with van der Waals surface area (Å²) in [5.41, 5.74) is 0. The zero-order chi connectivity index (χ0) is 11.3. The van der Waals surface area contributed by atoms with E-state index in [-0.39, 0.29) is 0 Å². The van der Waals surface area contributed by atoms with E-state index in [4.69, 9.17) is 9.84 Å². The van der Waals surface area contributed by atoms with Crippen LogP contribution in [0.2, 0.25) is 0 Å². The van der Waals surface area contributed by atoms with E-state index in [1.165, 1.54) is 4.90 Å². The molecule has 0 bridgehead atoms. The number of ether oxygens (including phenoxy) is 1. The summed E-state index contributed by atoms with van der Waals surface area (Å²) in [6.45, 7) is 3.87. The quantitative estimate of drug-likeness (QED) is 0.604. The minimum absolute atomic E-state index is 0.481. The molecule has 1 rings (SSSR count). The molecule has 1 saturated heterocycles. The molecule has 0 atom stereocenters. The third-order valence-electron chi connectivity index (χ3n) is 2.45. The van der Waals surface area contributed by atoms with E-state index in [1.54, 1.807) is 7.11 Å². The van der Waals surface area contributed by atoms with Gasteiger partial charge in [0, 0.05) is 39.8 Å². The summed E-state index contributed by atoms with van der Waals surface area (Å²) < 4.78 is 4.94. The molecule has 86 valence electrons. The molecular formula is C9H16N2O4. The van der Waals surface area contributed by atoms with Crippen LogP contribution in [0.3, 0.4) is 0 Å². The maximum Gasteiger partial charge on any atom is 0.394 e. The predicted octanol–water partition coefficient (Wildman–Crippen LogP) is -1.14. The first-order valence-corrected chi connectivity index (χ1v) is 4.88. The number of carboxylic acid groups (broad SMARTS) is 1. The van der Waals surface area contributed by atoms with Crippen molar-refractivity contribution in [2.45, 2.75) is 0 Å². The van der Waals surface area contributed by atoms with Crippen LogP contribution in [0.1, 0.15) is 0 Å². The van der Waals surface area contributed by atoms with Gasteiger partial charge in [-0.3, -0.25) is 9.69 Å².